The predicted octanol–water partition coefficient (Wildman–Crippen LogP) is 3.06. The molecule has 3 unspecified atom stereocenters. The monoisotopic (exact) mass is 311 g/mol. The van der Waals surface area contributed by atoms with E-state index < -0.39 is 0 Å². The summed E-state index contributed by atoms with van der Waals surface area (Å²) in [6, 6.07) is 7.74. The van der Waals surface area contributed by atoms with Crippen LogP contribution in [0.25, 0.3) is 10.9 Å². The number of hydrogen-bond donors (Lipinski definition) is 2. The quantitative estimate of drug-likeness (QED) is 0.914. The first-order valence-corrected chi connectivity index (χ1v) is 8.74. The summed E-state index contributed by atoms with van der Waals surface area (Å²) in [5, 5.41) is 10.8. The number of aromatic hydroxyl groups is 1. The van der Waals surface area contributed by atoms with Gasteiger partial charge in [0.15, 0.2) is 0 Å². The summed E-state index contributed by atoms with van der Waals surface area (Å²) in [7, 11) is 0. The number of aromatic nitrogens is 1. The molecule has 0 amide bonds. The summed E-state index contributed by atoms with van der Waals surface area (Å²) in [5.41, 5.74) is 8.72. The second kappa shape index (κ2) is 5.77. The number of nitrogens with two attached hydrogens (primary N) is 1. The van der Waals surface area contributed by atoms with Crippen LogP contribution in [0.1, 0.15) is 37.8 Å². The maximum Gasteiger partial charge on any atom is 0.116 e. The van der Waals surface area contributed by atoms with Crippen molar-refractivity contribution in [3.63, 3.8) is 0 Å². The molecule has 1 aromatic heterocycles. The molecule has 3 fully saturated rings. The first-order valence-electron chi connectivity index (χ1n) is 8.74. The molecule has 2 bridgehead atoms. The van der Waals surface area contributed by atoms with Crippen LogP contribution in [-0.4, -0.2) is 34.1 Å². The number of piperidine rings is 3. The number of fused-ring (bicyclic) bond motifs is 4. The van der Waals surface area contributed by atoms with Gasteiger partial charge < -0.3 is 10.8 Å². The Hall–Kier alpha value is -1.65. The number of phenolic OH excluding ortho intramolecular Hbond substituents is 1. The Morgan fingerprint density at radius 1 is 1.39 bits per heavy atom. The largest absolute Gasteiger partial charge is 0.508 e. The van der Waals surface area contributed by atoms with Crippen LogP contribution < -0.4 is 5.73 Å². The van der Waals surface area contributed by atoms with Crippen molar-refractivity contribution in [2.75, 3.05) is 13.1 Å². The summed E-state index contributed by atoms with van der Waals surface area (Å²) >= 11 is 0. The van der Waals surface area contributed by atoms with Crippen LogP contribution in [-0.2, 0) is 0 Å². The zero-order valence-corrected chi connectivity index (χ0v) is 13.7. The number of rotatable bonds is 3. The van der Waals surface area contributed by atoms with Gasteiger partial charge in [-0.3, -0.25) is 9.88 Å². The van der Waals surface area contributed by atoms with E-state index >= 15 is 0 Å². The van der Waals surface area contributed by atoms with Gasteiger partial charge in [0, 0.05) is 30.2 Å². The zero-order valence-electron chi connectivity index (χ0n) is 13.7. The molecule has 1 aromatic carbocycles. The van der Waals surface area contributed by atoms with Gasteiger partial charge in [-0.15, -0.1) is 0 Å². The molecule has 4 heteroatoms. The van der Waals surface area contributed by atoms with Crippen molar-refractivity contribution >= 4 is 10.9 Å². The van der Waals surface area contributed by atoms with Crippen LogP contribution >= 0.6 is 0 Å². The molecule has 3 saturated heterocycles. The lowest BCUT2D eigenvalue weighted by atomic mass is 9.72. The highest BCUT2D eigenvalue weighted by atomic mass is 16.3. The molecule has 23 heavy (non-hydrogen) atoms. The van der Waals surface area contributed by atoms with Crippen molar-refractivity contribution in [2.45, 2.75) is 38.3 Å². The Labute approximate surface area is 137 Å². The number of phenols is 1. The molecule has 4 heterocycles. The lowest BCUT2D eigenvalue weighted by molar-refractivity contribution is -0.0105. The molecule has 4 nitrogen and oxygen atoms in total. The minimum Gasteiger partial charge on any atom is -0.508 e. The van der Waals surface area contributed by atoms with Gasteiger partial charge >= 0.3 is 0 Å². The van der Waals surface area contributed by atoms with Crippen LogP contribution in [0.5, 0.6) is 5.75 Å². The summed E-state index contributed by atoms with van der Waals surface area (Å²) in [6.07, 6.45) is 5.62. The average Bonchev–Trinajstić information content (AvgIpc) is 2.60. The fourth-order valence-electron chi connectivity index (χ4n) is 4.67. The van der Waals surface area contributed by atoms with Gasteiger partial charge in [0.25, 0.3) is 0 Å². The van der Waals surface area contributed by atoms with Gasteiger partial charge in [0.1, 0.15) is 5.75 Å². The minimum atomic E-state index is -0.0251. The molecule has 2 aromatic rings. The van der Waals surface area contributed by atoms with E-state index in [0.717, 1.165) is 28.3 Å². The summed E-state index contributed by atoms with van der Waals surface area (Å²) < 4.78 is 0. The molecule has 5 rings (SSSR count). The molecular formula is C19H25N3O. The van der Waals surface area contributed by atoms with Gasteiger partial charge in [-0.2, -0.15) is 0 Å². The molecule has 122 valence electrons. The lowest BCUT2D eigenvalue weighted by Crippen LogP contribution is -2.56. The van der Waals surface area contributed by atoms with Gasteiger partial charge in [0.05, 0.1) is 5.52 Å². The van der Waals surface area contributed by atoms with Crippen molar-refractivity contribution in [2.24, 2.45) is 17.6 Å². The fraction of sp³-hybridized carbons (Fsp3) is 0.526. The molecule has 0 radical (unpaired) electrons. The third kappa shape index (κ3) is 2.50. The van der Waals surface area contributed by atoms with Crippen molar-refractivity contribution in [1.29, 1.82) is 0 Å². The third-order valence-electron chi connectivity index (χ3n) is 5.99. The van der Waals surface area contributed by atoms with E-state index in [4.69, 9.17) is 5.73 Å². The summed E-state index contributed by atoms with van der Waals surface area (Å²) in [4.78, 5) is 6.99. The molecular weight excluding hydrogens is 286 g/mol. The van der Waals surface area contributed by atoms with Crippen molar-refractivity contribution < 1.29 is 5.11 Å². The number of benzene rings is 1. The van der Waals surface area contributed by atoms with E-state index in [0.29, 0.717) is 6.04 Å². The molecule has 0 aliphatic carbocycles. The van der Waals surface area contributed by atoms with E-state index in [2.05, 4.69) is 16.8 Å². The highest BCUT2D eigenvalue weighted by molar-refractivity contribution is 5.83. The van der Waals surface area contributed by atoms with E-state index in [1.807, 2.05) is 18.3 Å². The van der Waals surface area contributed by atoms with Crippen LogP contribution in [0.4, 0.5) is 0 Å². The number of nitrogens with zero attached hydrogens (tertiary/aromatic N) is 2. The maximum atomic E-state index is 9.84. The SMILES string of the molecule is CCC1CN2CCC1C[C@H]2[C@@H](N)c1ccnc2ccc(O)cc12. The molecule has 3 aliphatic rings. The van der Waals surface area contributed by atoms with Gasteiger partial charge in [-0.25, -0.2) is 0 Å². The first-order chi connectivity index (χ1) is 11.2. The highest BCUT2D eigenvalue weighted by Gasteiger charge is 2.41. The van der Waals surface area contributed by atoms with Crippen LogP contribution in [0.15, 0.2) is 30.5 Å². The standard InChI is InChI=1S/C19H25N3O/c1-2-12-11-22-8-6-13(12)9-18(22)19(20)15-5-7-21-17-4-3-14(23)10-16(15)17/h3-5,7,10,12-13,18-19,23H,2,6,8-9,11,20H2,1H3/t12?,13?,18-,19-/m0/s1. The van der Waals surface area contributed by atoms with Gasteiger partial charge in [0.2, 0.25) is 0 Å². The molecule has 3 N–H and O–H groups in total. The Kier molecular flexibility index (Phi) is 3.74. The van der Waals surface area contributed by atoms with E-state index in [1.54, 1.807) is 12.1 Å². The molecule has 5 atom stereocenters. The van der Waals surface area contributed by atoms with E-state index in [9.17, 15) is 5.11 Å². The molecule has 0 spiro atoms. The number of hydrogen-bond acceptors (Lipinski definition) is 4. The Morgan fingerprint density at radius 2 is 2.26 bits per heavy atom. The normalized spacial score (nSPS) is 31.4. The van der Waals surface area contributed by atoms with Crippen LogP contribution in [0.2, 0.25) is 0 Å². The zero-order chi connectivity index (χ0) is 16.0. The highest BCUT2D eigenvalue weighted by Crippen LogP contribution is 2.42. The van der Waals surface area contributed by atoms with E-state index in [-0.39, 0.29) is 11.8 Å². The van der Waals surface area contributed by atoms with Gasteiger partial charge in [-0.05, 0) is 61.1 Å². The van der Waals surface area contributed by atoms with Crippen molar-refractivity contribution in [3.05, 3.63) is 36.0 Å². The van der Waals surface area contributed by atoms with Crippen LogP contribution in [0, 0.1) is 11.8 Å². The molecule has 3 aliphatic heterocycles. The lowest BCUT2D eigenvalue weighted by Gasteiger charge is -2.51. The van der Waals surface area contributed by atoms with E-state index in [1.165, 1.54) is 32.4 Å². The predicted molar refractivity (Wildman–Crippen MR) is 92.2 cm³/mol. The Bertz CT molecular complexity index is 717. The first kappa shape index (κ1) is 14.9. The molecule has 0 saturated carbocycles. The summed E-state index contributed by atoms with van der Waals surface area (Å²) in [5.74, 6) is 1.93. The van der Waals surface area contributed by atoms with Crippen LogP contribution in [0.3, 0.4) is 0 Å². The Morgan fingerprint density at radius 3 is 3.00 bits per heavy atom. The fourth-order valence-corrected chi connectivity index (χ4v) is 4.67. The third-order valence-corrected chi connectivity index (χ3v) is 5.99. The average molecular weight is 311 g/mol. The smallest absolute Gasteiger partial charge is 0.116 e. The maximum absolute atomic E-state index is 9.84. The summed E-state index contributed by atoms with van der Waals surface area (Å²) in [6.45, 7) is 4.67. The van der Waals surface area contributed by atoms with Crippen molar-refractivity contribution in [1.82, 2.24) is 9.88 Å². The minimum absolute atomic E-state index is 0.0251. The van der Waals surface area contributed by atoms with Crippen molar-refractivity contribution in [3.8, 4) is 5.75 Å². The number of pyridine rings is 1. The second-order valence-electron chi connectivity index (χ2n) is 7.14. The Balaban J connectivity index is 1.68. The topological polar surface area (TPSA) is 62.4 Å². The second-order valence-corrected chi connectivity index (χ2v) is 7.14. The van der Waals surface area contributed by atoms with Gasteiger partial charge in [-0.1, -0.05) is 13.3 Å².